The topological polar surface area (TPSA) is 30.7 Å². The number of nitrogens with zero attached hydrogens (tertiary/aromatic N) is 3. The maximum Gasteiger partial charge on any atom is 0.148 e. The number of aromatic nitrogens is 3. The Morgan fingerprint density at radius 2 is 1.57 bits per heavy atom. The fourth-order valence-corrected chi connectivity index (χ4v) is 2.81. The Hall–Kier alpha value is -1.65. The van der Waals surface area contributed by atoms with Crippen LogP contribution in [-0.4, -0.2) is 14.8 Å². The Labute approximate surface area is 136 Å². The molecule has 2 aromatic carbocycles. The zero-order valence-electron chi connectivity index (χ0n) is 11.2. The molecule has 106 valence electrons. The van der Waals surface area contributed by atoms with E-state index in [9.17, 15) is 0 Å². The van der Waals surface area contributed by atoms with E-state index in [1.165, 1.54) is 0 Å². The molecule has 3 aromatic rings. The highest BCUT2D eigenvalue weighted by molar-refractivity contribution is 9.08. The van der Waals surface area contributed by atoms with Crippen molar-refractivity contribution in [3.63, 3.8) is 0 Å². The number of benzene rings is 2. The zero-order chi connectivity index (χ0) is 14.7. The summed E-state index contributed by atoms with van der Waals surface area (Å²) in [7, 11) is 0. The third-order valence-corrected chi connectivity index (χ3v) is 4.11. The second-order valence-electron chi connectivity index (χ2n) is 4.61. The van der Waals surface area contributed by atoms with Crippen LogP contribution >= 0.6 is 27.5 Å². The van der Waals surface area contributed by atoms with Crippen LogP contribution in [-0.2, 0) is 11.8 Å². The molecule has 0 radical (unpaired) electrons. The van der Waals surface area contributed by atoms with Gasteiger partial charge in [0.05, 0.1) is 5.33 Å². The molecule has 0 N–H and O–H groups in total. The number of alkyl halides is 1. The van der Waals surface area contributed by atoms with Crippen LogP contribution < -0.4 is 0 Å². The second-order valence-corrected chi connectivity index (χ2v) is 5.57. The van der Waals surface area contributed by atoms with Crippen molar-refractivity contribution in [1.82, 2.24) is 14.8 Å². The van der Waals surface area contributed by atoms with Crippen molar-refractivity contribution in [3.8, 4) is 5.69 Å². The van der Waals surface area contributed by atoms with Gasteiger partial charge in [0.15, 0.2) is 0 Å². The van der Waals surface area contributed by atoms with E-state index in [-0.39, 0.29) is 0 Å². The normalized spacial score (nSPS) is 10.8. The Morgan fingerprint density at radius 3 is 2.29 bits per heavy atom. The largest absolute Gasteiger partial charge is 0.282 e. The molecule has 3 rings (SSSR count). The van der Waals surface area contributed by atoms with Crippen LogP contribution in [0.5, 0.6) is 0 Å². The van der Waals surface area contributed by atoms with Crippen LogP contribution in [0.25, 0.3) is 5.69 Å². The summed E-state index contributed by atoms with van der Waals surface area (Å²) in [6, 6.07) is 17.9. The van der Waals surface area contributed by atoms with E-state index in [1.807, 2.05) is 54.6 Å². The van der Waals surface area contributed by atoms with Crippen LogP contribution in [0.3, 0.4) is 0 Å². The van der Waals surface area contributed by atoms with Crippen molar-refractivity contribution < 1.29 is 0 Å². The van der Waals surface area contributed by atoms with E-state index < -0.39 is 0 Å². The van der Waals surface area contributed by atoms with Crippen LogP contribution in [0, 0.1) is 0 Å². The van der Waals surface area contributed by atoms with Gasteiger partial charge in [-0.05, 0) is 23.8 Å². The molecule has 0 spiro atoms. The molecule has 0 aliphatic heterocycles. The van der Waals surface area contributed by atoms with Gasteiger partial charge in [-0.15, -0.1) is 10.2 Å². The first kappa shape index (κ1) is 14.3. The van der Waals surface area contributed by atoms with Crippen molar-refractivity contribution in [2.45, 2.75) is 11.8 Å². The molecule has 1 aromatic heterocycles. The zero-order valence-corrected chi connectivity index (χ0v) is 13.5. The molecule has 0 unspecified atom stereocenters. The summed E-state index contributed by atoms with van der Waals surface area (Å²) in [5.74, 6) is 1.76. The van der Waals surface area contributed by atoms with Crippen molar-refractivity contribution in [2.24, 2.45) is 0 Å². The monoisotopic (exact) mass is 361 g/mol. The van der Waals surface area contributed by atoms with E-state index in [2.05, 4.69) is 30.7 Å². The van der Waals surface area contributed by atoms with E-state index in [1.54, 1.807) is 0 Å². The maximum atomic E-state index is 6.25. The number of rotatable bonds is 4. The molecule has 0 saturated heterocycles. The number of halogens is 2. The summed E-state index contributed by atoms with van der Waals surface area (Å²) < 4.78 is 2.07. The van der Waals surface area contributed by atoms with Gasteiger partial charge in [-0.25, -0.2) is 0 Å². The fraction of sp³-hybridized carbons (Fsp3) is 0.125. The smallest absolute Gasteiger partial charge is 0.148 e. The molecule has 5 heteroatoms. The average Bonchev–Trinajstić information content (AvgIpc) is 2.93. The molecular weight excluding hydrogens is 350 g/mol. The Balaban J connectivity index is 2.04. The van der Waals surface area contributed by atoms with Crippen LogP contribution in [0.2, 0.25) is 5.02 Å². The van der Waals surface area contributed by atoms with Crippen molar-refractivity contribution in [1.29, 1.82) is 0 Å². The quantitative estimate of drug-likeness (QED) is 0.644. The molecule has 1 heterocycles. The van der Waals surface area contributed by atoms with Gasteiger partial charge in [0.2, 0.25) is 0 Å². The predicted octanol–water partition coefficient (Wildman–Crippen LogP) is 4.41. The summed E-state index contributed by atoms with van der Waals surface area (Å²) in [6.07, 6.45) is 0.647. The fourth-order valence-electron chi connectivity index (χ4n) is 2.24. The Kier molecular flexibility index (Phi) is 4.36. The van der Waals surface area contributed by atoms with Gasteiger partial charge < -0.3 is 0 Å². The van der Waals surface area contributed by atoms with Crippen LogP contribution in [0.15, 0.2) is 54.6 Å². The summed E-state index contributed by atoms with van der Waals surface area (Å²) in [6.45, 7) is 0. The number of para-hydroxylation sites is 1. The van der Waals surface area contributed by atoms with Gasteiger partial charge in [0.25, 0.3) is 0 Å². The lowest BCUT2D eigenvalue weighted by molar-refractivity contribution is 0.888. The molecule has 0 aliphatic carbocycles. The summed E-state index contributed by atoms with van der Waals surface area (Å²) in [5.41, 5.74) is 2.10. The van der Waals surface area contributed by atoms with E-state index >= 15 is 0 Å². The molecule has 3 nitrogen and oxygen atoms in total. The van der Waals surface area contributed by atoms with E-state index in [0.717, 1.165) is 27.9 Å². The first-order chi connectivity index (χ1) is 10.3. The third kappa shape index (κ3) is 3.01. The van der Waals surface area contributed by atoms with Crippen LogP contribution in [0.4, 0.5) is 0 Å². The minimum Gasteiger partial charge on any atom is -0.282 e. The van der Waals surface area contributed by atoms with Crippen molar-refractivity contribution in [2.75, 3.05) is 0 Å². The summed E-state index contributed by atoms with van der Waals surface area (Å²) in [5, 5.41) is 9.98. The molecule has 0 amide bonds. The second kappa shape index (κ2) is 6.41. The lowest BCUT2D eigenvalue weighted by Gasteiger charge is -2.10. The summed E-state index contributed by atoms with van der Waals surface area (Å²) >= 11 is 9.72. The van der Waals surface area contributed by atoms with E-state index in [0.29, 0.717) is 11.8 Å². The first-order valence-corrected chi connectivity index (χ1v) is 8.07. The van der Waals surface area contributed by atoms with Gasteiger partial charge in [-0.3, -0.25) is 4.57 Å². The highest BCUT2D eigenvalue weighted by Crippen LogP contribution is 2.21. The van der Waals surface area contributed by atoms with Gasteiger partial charge in [0, 0.05) is 17.1 Å². The highest BCUT2D eigenvalue weighted by Gasteiger charge is 2.14. The average molecular weight is 363 g/mol. The van der Waals surface area contributed by atoms with Gasteiger partial charge in [-0.1, -0.05) is 63.9 Å². The summed E-state index contributed by atoms with van der Waals surface area (Å²) in [4.78, 5) is 0. The lowest BCUT2D eigenvalue weighted by Crippen LogP contribution is -2.05. The molecule has 0 bridgehead atoms. The van der Waals surface area contributed by atoms with E-state index in [4.69, 9.17) is 11.6 Å². The third-order valence-electron chi connectivity index (χ3n) is 3.24. The molecule has 0 saturated carbocycles. The molecule has 0 atom stereocenters. The van der Waals surface area contributed by atoms with Gasteiger partial charge >= 0.3 is 0 Å². The minimum atomic E-state index is 0.647. The predicted molar refractivity (Wildman–Crippen MR) is 88.2 cm³/mol. The molecule has 0 aliphatic rings. The van der Waals surface area contributed by atoms with Gasteiger partial charge in [0.1, 0.15) is 11.6 Å². The minimum absolute atomic E-state index is 0.647. The SMILES string of the molecule is Clc1ccccc1Cc1nnc(CBr)n1-c1ccccc1. The van der Waals surface area contributed by atoms with Crippen molar-refractivity contribution in [3.05, 3.63) is 76.8 Å². The van der Waals surface area contributed by atoms with Crippen molar-refractivity contribution >= 4 is 27.5 Å². The Bertz CT molecular complexity index is 740. The molecule has 0 fully saturated rings. The van der Waals surface area contributed by atoms with Crippen LogP contribution in [0.1, 0.15) is 17.2 Å². The lowest BCUT2D eigenvalue weighted by atomic mass is 10.1. The number of hydrogen-bond acceptors (Lipinski definition) is 2. The molecule has 21 heavy (non-hydrogen) atoms. The first-order valence-electron chi connectivity index (χ1n) is 6.57. The van der Waals surface area contributed by atoms with Gasteiger partial charge in [-0.2, -0.15) is 0 Å². The Morgan fingerprint density at radius 1 is 0.905 bits per heavy atom. The standard InChI is InChI=1S/C16H13BrClN3/c17-11-16-20-19-15(10-12-6-4-5-9-14(12)18)21(16)13-7-2-1-3-8-13/h1-9H,10-11H2. The highest BCUT2D eigenvalue weighted by atomic mass is 79.9. The number of hydrogen-bond donors (Lipinski definition) is 0. The molecular formula is C16H13BrClN3. The maximum absolute atomic E-state index is 6.25.